The molecular weight excluding hydrogens is 362 g/mol. The van der Waals surface area contributed by atoms with Crippen molar-refractivity contribution in [2.75, 3.05) is 13.2 Å². The number of carbonyl (C=O) groups is 1. The second-order valence-electron chi connectivity index (χ2n) is 8.26. The number of amidine groups is 1. The number of ether oxygens (including phenoxy) is 1. The van der Waals surface area contributed by atoms with Gasteiger partial charge in [0, 0.05) is 31.4 Å². The van der Waals surface area contributed by atoms with E-state index in [1.165, 1.54) is 22.3 Å². The summed E-state index contributed by atoms with van der Waals surface area (Å²) >= 11 is 0. The zero-order valence-electron chi connectivity index (χ0n) is 16.9. The predicted molar refractivity (Wildman–Crippen MR) is 113 cm³/mol. The summed E-state index contributed by atoms with van der Waals surface area (Å²) in [7, 11) is 0. The van der Waals surface area contributed by atoms with Crippen LogP contribution in [0.25, 0.3) is 0 Å². The summed E-state index contributed by atoms with van der Waals surface area (Å²) in [5.74, 6) is 1.21. The highest BCUT2D eigenvalue weighted by molar-refractivity contribution is 6.02. The van der Waals surface area contributed by atoms with Gasteiger partial charge in [0.15, 0.2) is 0 Å². The van der Waals surface area contributed by atoms with Crippen molar-refractivity contribution < 1.29 is 9.53 Å². The van der Waals surface area contributed by atoms with E-state index in [-0.39, 0.29) is 11.9 Å². The first kappa shape index (κ1) is 18.4. The minimum Gasteiger partial charge on any atom is -0.381 e. The molecule has 3 heterocycles. The van der Waals surface area contributed by atoms with Gasteiger partial charge >= 0.3 is 0 Å². The summed E-state index contributed by atoms with van der Waals surface area (Å²) in [6.45, 7) is 5.10. The number of carbonyl (C=O) groups excluding carboxylic acids is 1. The molecule has 150 valence electrons. The zero-order valence-corrected chi connectivity index (χ0v) is 16.9. The van der Waals surface area contributed by atoms with E-state index in [0.717, 1.165) is 37.5 Å². The fraction of sp³-hybridized carbons (Fsp3) is 0.417. The number of nitrogens with one attached hydrogen (secondary N) is 1. The molecule has 0 saturated carbocycles. The Morgan fingerprint density at radius 2 is 1.90 bits per heavy atom. The maximum Gasteiger partial charge on any atom is 0.227 e. The minimum atomic E-state index is 0.0682. The van der Waals surface area contributed by atoms with Gasteiger partial charge in [-0.05, 0) is 48.1 Å². The molecule has 5 rings (SSSR count). The van der Waals surface area contributed by atoms with Gasteiger partial charge in [-0.2, -0.15) is 0 Å². The molecule has 0 unspecified atom stereocenters. The maximum absolute atomic E-state index is 12.9. The van der Waals surface area contributed by atoms with Crippen LogP contribution in [0.4, 0.5) is 0 Å². The first-order valence-electron chi connectivity index (χ1n) is 10.6. The quantitative estimate of drug-likeness (QED) is 0.876. The Hall–Kier alpha value is -2.66. The van der Waals surface area contributed by atoms with Gasteiger partial charge in [-0.15, -0.1) is 0 Å². The predicted octanol–water partition coefficient (Wildman–Crippen LogP) is 3.36. The van der Waals surface area contributed by atoms with Crippen molar-refractivity contribution in [3.8, 4) is 0 Å². The Labute approximate surface area is 171 Å². The third kappa shape index (κ3) is 3.55. The third-order valence-corrected chi connectivity index (χ3v) is 6.40. The van der Waals surface area contributed by atoms with Gasteiger partial charge < -0.3 is 15.0 Å². The monoisotopic (exact) mass is 389 g/mol. The Balaban J connectivity index is 1.38. The van der Waals surface area contributed by atoms with Crippen LogP contribution in [-0.2, 0) is 29.0 Å². The van der Waals surface area contributed by atoms with Crippen LogP contribution in [0.1, 0.15) is 53.6 Å². The first-order chi connectivity index (χ1) is 14.2. The highest BCUT2D eigenvalue weighted by Crippen LogP contribution is 2.32. The molecule has 3 aliphatic heterocycles. The number of aliphatic imine (C=N–C) groups is 1. The van der Waals surface area contributed by atoms with E-state index < -0.39 is 0 Å². The van der Waals surface area contributed by atoms with Gasteiger partial charge in [-0.1, -0.05) is 36.4 Å². The van der Waals surface area contributed by atoms with Crippen molar-refractivity contribution in [2.24, 2.45) is 4.99 Å². The molecule has 29 heavy (non-hydrogen) atoms. The van der Waals surface area contributed by atoms with Crippen molar-refractivity contribution in [3.05, 3.63) is 70.3 Å². The van der Waals surface area contributed by atoms with E-state index in [4.69, 9.17) is 9.73 Å². The molecule has 1 N–H and O–H groups in total. The average molecular weight is 389 g/mol. The average Bonchev–Trinajstić information content (AvgIpc) is 3.14. The number of fused-ring (bicyclic) bond motifs is 2. The molecule has 2 aromatic carbocycles. The highest BCUT2D eigenvalue weighted by atomic mass is 16.5. The fourth-order valence-corrected chi connectivity index (χ4v) is 4.61. The van der Waals surface area contributed by atoms with Gasteiger partial charge in [0.2, 0.25) is 5.91 Å². The van der Waals surface area contributed by atoms with Gasteiger partial charge in [0.05, 0.1) is 19.0 Å². The molecule has 0 aliphatic carbocycles. The van der Waals surface area contributed by atoms with Crippen molar-refractivity contribution >= 4 is 11.7 Å². The van der Waals surface area contributed by atoms with Crippen LogP contribution in [0, 0.1) is 0 Å². The van der Waals surface area contributed by atoms with E-state index >= 15 is 0 Å². The molecule has 3 aliphatic rings. The molecule has 1 saturated heterocycles. The molecule has 0 radical (unpaired) electrons. The molecule has 5 nitrogen and oxygen atoms in total. The van der Waals surface area contributed by atoms with E-state index in [1.807, 2.05) is 23.1 Å². The number of rotatable bonds is 3. The van der Waals surface area contributed by atoms with Crippen LogP contribution in [0.15, 0.2) is 47.5 Å². The van der Waals surface area contributed by atoms with E-state index in [0.29, 0.717) is 25.6 Å². The van der Waals surface area contributed by atoms with E-state index in [2.05, 4.69) is 36.5 Å². The molecule has 1 fully saturated rings. The smallest absolute Gasteiger partial charge is 0.227 e. The van der Waals surface area contributed by atoms with Gasteiger partial charge in [0.1, 0.15) is 5.84 Å². The fourth-order valence-electron chi connectivity index (χ4n) is 4.61. The molecule has 0 spiro atoms. The Kier molecular flexibility index (Phi) is 4.84. The van der Waals surface area contributed by atoms with Crippen LogP contribution >= 0.6 is 0 Å². The summed E-state index contributed by atoms with van der Waals surface area (Å²) in [5.41, 5.74) is 6.02. The first-order valence-corrected chi connectivity index (χ1v) is 10.6. The molecule has 0 bridgehead atoms. The van der Waals surface area contributed by atoms with Gasteiger partial charge in [0.25, 0.3) is 0 Å². The number of nitrogens with zero attached hydrogens (tertiary/aromatic N) is 2. The lowest BCUT2D eigenvalue weighted by atomic mass is 9.92. The molecule has 1 atom stereocenters. The minimum absolute atomic E-state index is 0.0682. The molecule has 0 aromatic heterocycles. The Morgan fingerprint density at radius 1 is 1.10 bits per heavy atom. The largest absolute Gasteiger partial charge is 0.381 e. The van der Waals surface area contributed by atoms with Crippen molar-refractivity contribution in [3.63, 3.8) is 0 Å². The van der Waals surface area contributed by atoms with Crippen LogP contribution in [0.5, 0.6) is 0 Å². The maximum atomic E-state index is 12.9. The van der Waals surface area contributed by atoms with Crippen molar-refractivity contribution in [1.29, 1.82) is 0 Å². The van der Waals surface area contributed by atoms with Gasteiger partial charge in [-0.25, -0.2) is 0 Å². The lowest BCUT2D eigenvalue weighted by Crippen LogP contribution is -2.39. The topological polar surface area (TPSA) is 53.9 Å². The van der Waals surface area contributed by atoms with Crippen molar-refractivity contribution in [2.45, 2.75) is 51.4 Å². The van der Waals surface area contributed by atoms with E-state index in [9.17, 15) is 4.79 Å². The number of amides is 1. The number of hydrogen-bond acceptors (Lipinski definition) is 4. The molecular formula is C24H27N3O2. The summed E-state index contributed by atoms with van der Waals surface area (Å²) in [4.78, 5) is 19.6. The van der Waals surface area contributed by atoms with Crippen LogP contribution in [0.3, 0.4) is 0 Å². The second kappa shape index (κ2) is 7.64. The third-order valence-electron chi connectivity index (χ3n) is 6.40. The highest BCUT2D eigenvalue weighted by Gasteiger charge is 2.30. The lowest BCUT2D eigenvalue weighted by molar-refractivity contribution is -0.134. The summed E-state index contributed by atoms with van der Waals surface area (Å²) in [6.07, 6.45) is 2.52. The SMILES string of the molecule is C[C@H](c1ccccc1)N1Cc2cc3c(cc2CC1=O)CN=C3NC1CCOCC1. The standard InChI is InChI=1S/C24H27N3O2/c1-16(17-5-3-2-4-6-17)27-15-20-12-22-19(11-18(20)13-23(27)28)14-25-24(22)26-21-7-9-29-10-8-21/h2-6,11-12,16,21H,7-10,13-15H2,1H3,(H,25,26)/t16-/m1/s1. The van der Waals surface area contributed by atoms with Crippen LogP contribution in [0.2, 0.25) is 0 Å². The number of hydrogen-bond donors (Lipinski definition) is 1. The summed E-state index contributed by atoms with van der Waals surface area (Å²) in [5, 5.41) is 3.64. The summed E-state index contributed by atoms with van der Waals surface area (Å²) < 4.78 is 5.47. The van der Waals surface area contributed by atoms with Crippen LogP contribution < -0.4 is 5.32 Å². The van der Waals surface area contributed by atoms with Crippen LogP contribution in [-0.4, -0.2) is 35.9 Å². The summed E-state index contributed by atoms with van der Waals surface area (Å²) in [6, 6.07) is 15.2. The normalized spacial score (nSPS) is 20.1. The zero-order chi connectivity index (χ0) is 19.8. The Morgan fingerprint density at radius 3 is 2.69 bits per heavy atom. The van der Waals surface area contributed by atoms with E-state index in [1.54, 1.807) is 0 Å². The molecule has 5 heteroatoms. The molecule has 1 amide bonds. The second-order valence-corrected chi connectivity index (χ2v) is 8.26. The lowest BCUT2D eigenvalue weighted by Gasteiger charge is -2.34. The van der Waals surface area contributed by atoms with Crippen molar-refractivity contribution in [1.82, 2.24) is 10.2 Å². The number of benzene rings is 2. The Bertz CT molecular complexity index is 948. The molecule has 2 aromatic rings. The van der Waals surface area contributed by atoms with Gasteiger partial charge in [-0.3, -0.25) is 9.79 Å².